The summed E-state index contributed by atoms with van der Waals surface area (Å²) in [6.45, 7) is 3.33. The second kappa shape index (κ2) is 16.0. The zero-order valence-corrected chi connectivity index (χ0v) is 13.6. The number of hydrogen-bond acceptors (Lipinski definition) is 2. The van der Waals surface area contributed by atoms with Crippen molar-refractivity contribution in [3.8, 4) is 0 Å². The van der Waals surface area contributed by atoms with E-state index in [0.29, 0.717) is 0 Å². The van der Waals surface area contributed by atoms with Crippen LogP contribution in [0.3, 0.4) is 0 Å². The van der Waals surface area contributed by atoms with Crippen molar-refractivity contribution in [1.29, 1.82) is 0 Å². The highest BCUT2D eigenvalue weighted by Crippen LogP contribution is 2.12. The predicted octanol–water partition coefficient (Wildman–Crippen LogP) is 5.27. The molecular formula is C17H38N2. The Kier molecular flexibility index (Phi) is 15.9. The van der Waals surface area contributed by atoms with E-state index in [0.717, 1.165) is 6.54 Å². The van der Waals surface area contributed by atoms with Crippen molar-refractivity contribution < 1.29 is 0 Å². The fraction of sp³-hybridized carbons (Fsp3) is 1.00. The highest BCUT2D eigenvalue weighted by atomic mass is 15.4. The summed E-state index contributed by atoms with van der Waals surface area (Å²) in [6, 6.07) is 0. The molecule has 0 fully saturated rings. The largest absolute Gasteiger partial charge is 0.269 e. The second-order valence-corrected chi connectivity index (χ2v) is 6.08. The first-order valence-electron chi connectivity index (χ1n) is 8.73. The normalized spacial score (nSPS) is 11.4. The summed E-state index contributed by atoms with van der Waals surface area (Å²) < 4.78 is 0. The molecule has 0 spiro atoms. The molecule has 2 heteroatoms. The van der Waals surface area contributed by atoms with Crippen LogP contribution in [-0.4, -0.2) is 18.6 Å². The monoisotopic (exact) mass is 270 g/mol. The van der Waals surface area contributed by atoms with Gasteiger partial charge in [-0.15, -0.1) is 0 Å². The number of rotatable bonds is 15. The summed E-state index contributed by atoms with van der Waals surface area (Å²) in [4.78, 5) is 0. The van der Waals surface area contributed by atoms with E-state index >= 15 is 0 Å². The van der Waals surface area contributed by atoms with Crippen LogP contribution in [0.4, 0.5) is 0 Å². The number of nitrogens with two attached hydrogens (primary N) is 1. The van der Waals surface area contributed by atoms with Crippen LogP contribution in [0.2, 0.25) is 0 Å². The molecule has 0 saturated carbocycles. The quantitative estimate of drug-likeness (QED) is 0.249. The minimum atomic E-state index is 1.04. The molecule has 2 N–H and O–H groups in total. The van der Waals surface area contributed by atoms with Crippen LogP contribution in [0.1, 0.15) is 96.8 Å². The van der Waals surface area contributed by atoms with Gasteiger partial charge in [0.1, 0.15) is 0 Å². The molecule has 0 saturated heterocycles. The Morgan fingerprint density at radius 3 is 1.21 bits per heavy atom. The summed E-state index contributed by atoms with van der Waals surface area (Å²) in [5.41, 5.74) is 0. The maximum absolute atomic E-state index is 5.57. The van der Waals surface area contributed by atoms with Crippen LogP contribution in [0.15, 0.2) is 0 Å². The SMILES string of the molecule is CCCCCCCCCCCCCCCCN(C)N. The zero-order chi connectivity index (χ0) is 14.2. The molecule has 0 radical (unpaired) electrons. The van der Waals surface area contributed by atoms with Crippen molar-refractivity contribution in [2.45, 2.75) is 96.8 Å². The first-order valence-corrected chi connectivity index (χ1v) is 8.73. The second-order valence-electron chi connectivity index (χ2n) is 6.08. The Morgan fingerprint density at radius 1 is 0.579 bits per heavy atom. The Balaban J connectivity index is 2.91. The van der Waals surface area contributed by atoms with E-state index < -0.39 is 0 Å². The number of unbranched alkanes of at least 4 members (excludes halogenated alkanes) is 13. The third-order valence-electron chi connectivity index (χ3n) is 3.86. The molecular weight excluding hydrogens is 232 g/mol. The third kappa shape index (κ3) is 17.9. The summed E-state index contributed by atoms with van der Waals surface area (Å²) in [5.74, 6) is 5.57. The van der Waals surface area contributed by atoms with E-state index in [-0.39, 0.29) is 0 Å². The molecule has 0 aromatic heterocycles. The fourth-order valence-corrected chi connectivity index (χ4v) is 2.56. The summed E-state index contributed by atoms with van der Waals surface area (Å²) >= 11 is 0. The lowest BCUT2D eigenvalue weighted by molar-refractivity contribution is 0.336. The molecule has 0 aliphatic carbocycles. The van der Waals surface area contributed by atoms with Gasteiger partial charge in [-0.2, -0.15) is 0 Å². The van der Waals surface area contributed by atoms with Crippen LogP contribution in [0.25, 0.3) is 0 Å². The van der Waals surface area contributed by atoms with E-state index in [1.165, 1.54) is 89.9 Å². The highest BCUT2D eigenvalue weighted by Gasteiger charge is 1.94. The Morgan fingerprint density at radius 2 is 0.895 bits per heavy atom. The van der Waals surface area contributed by atoms with Gasteiger partial charge in [0.05, 0.1) is 0 Å². The van der Waals surface area contributed by atoms with Gasteiger partial charge in [0.15, 0.2) is 0 Å². The Hall–Kier alpha value is -0.0800. The lowest BCUT2D eigenvalue weighted by atomic mass is 10.0. The molecule has 19 heavy (non-hydrogen) atoms. The van der Waals surface area contributed by atoms with Crippen molar-refractivity contribution in [1.82, 2.24) is 5.01 Å². The minimum absolute atomic E-state index is 1.04. The van der Waals surface area contributed by atoms with E-state index in [9.17, 15) is 0 Å². The van der Waals surface area contributed by atoms with Crippen LogP contribution in [-0.2, 0) is 0 Å². The molecule has 0 bridgehead atoms. The molecule has 0 aromatic rings. The van der Waals surface area contributed by atoms with Crippen molar-refractivity contribution in [2.24, 2.45) is 5.84 Å². The van der Waals surface area contributed by atoms with Crippen LogP contribution < -0.4 is 5.84 Å². The predicted molar refractivity (Wildman–Crippen MR) is 87.1 cm³/mol. The fourth-order valence-electron chi connectivity index (χ4n) is 2.56. The van der Waals surface area contributed by atoms with Crippen molar-refractivity contribution in [3.05, 3.63) is 0 Å². The molecule has 0 heterocycles. The average molecular weight is 271 g/mol. The van der Waals surface area contributed by atoms with Gasteiger partial charge in [-0.25, -0.2) is 0 Å². The van der Waals surface area contributed by atoms with Gasteiger partial charge in [-0.3, -0.25) is 10.9 Å². The van der Waals surface area contributed by atoms with E-state index in [1.54, 1.807) is 5.01 Å². The molecule has 0 rings (SSSR count). The number of nitrogens with zero attached hydrogens (tertiary/aromatic N) is 1. The molecule has 116 valence electrons. The molecule has 2 nitrogen and oxygen atoms in total. The van der Waals surface area contributed by atoms with Gasteiger partial charge in [0, 0.05) is 13.6 Å². The van der Waals surface area contributed by atoms with E-state index in [2.05, 4.69) is 6.92 Å². The Labute approximate surface area is 122 Å². The summed E-state index contributed by atoms with van der Waals surface area (Å²) in [5, 5.41) is 1.79. The minimum Gasteiger partial charge on any atom is -0.269 e. The molecule has 0 amide bonds. The van der Waals surface area contributed by atoms with Crippen molar-refractivity contribution in [3.63, 3.8) is 0 Å². The van der Waals surface area contributed by atoms with Crippen molar-refractivity contribution >= 4 is 0 Å². The third-order valence-corrected chi connectivity index (χ3v) is 3.86. The average Bonchev–Trinajstić information content (AvgIpc) is 2.39. The van der Waals surface area contributed by atoms with E-state index in [4.69, 9.17) is 5.84 Å². The lowest BCUT2D eigenvalue weighted by Gasteiger charge is -2.08. The van der Waals surface area contributed by atoms with Gasteiger partial charge < -0.3 is 0 Å². The highest BCUT2D eigenvalue weighted by molar-refractivity contribution is 4.50. The van der Waals surface area contributed by atoms with Gasteiger partial charge in [-0.1, -0.05) is 90.4 Å². The van der Waals surface area contributed by atoms with Crippen LogP contribution in [0, 0.1) is 0 Å². The molecule has 0 aliphatic rings. The number of hydrazine groups is 1. The molecule has 0 unspecified atom stereocenters. The van der Waals surface area contributed by atoms with Gasteiger partial charge >= 0.3 is 0 Å². The molecule has 0 aliphatic heterocycles. The first-order chi connectivity index (χ1) is 9.27. The lowest BCUT2D eigenvalue weighted by Crippen LogP contribution is -2.26. The van der Waals surface area contributed by atoms with Crippen LogP contribution >= 0.6 is 0 Å². The maximum Gasteiger partial charge on any atom is 0.0125 e. The molecule has 0 aromatic carbocycles. The van der Waals surface area contributed by atoms with Gasteiger partial charge in [0.25, 0.3) is 0 Å². The van der Waals surface area contributed by atoms with Crippen LogP contribution in [0.5, 0.6) is 0 Å². The summed E-state index contributed by atoms with van der Waals surface area (Å²) in [7, 11) is 1.95. The van der Waals surface area contributed by atoms with Crippen molar-refractivity contribution in [2.75, 3.05) is 13.6 Å². The topological polar surface area (TPSA) is 29.3 Å². The Bertz CT molecular complexity index is 157. The smallest absolute Gasteiger partial charge is 0.0125 e. The first kappa shape index (κ1) is 18.9. The molecule has 0 atom stereocenters. The number of hydrogen-bond donors (Lipinski definition) is 1. The van der Waals surface area contributed by atoms with E-state index in [1.807, 2.05) is 7.05 Å². The van der Waals surface area contributed by atoms with Gasteiger partial charge in [-0.05, 0) is 6.42 Å². The van der Waals surface area contributed by atoms with Gasteiger partial charge in [0.2, 0.25) is 0 Å². The maximum atomic E-state index is 5.57. The standard InChI is InChI=1S/C17H38N2/c1-3-4-5-6-7-8-9-10-11-12-13-14-15-16-17-19(2)18/h3-18H2,1-2H3. The zero-order valence-electron chi connectivity index (χ0n) is 13.6. The summed E-state index contributed by atoms with van der Waals surface area (Å²) in [6.07, 6.45) is 19.9.